The molecule has 0 heterocycles. The molecule has 1 nitrogen and oxygen atoms in total. The average molecular weight is 211 g/mol. The van der Waals surface area contributed by atoms with Gasteiger partial charge in [-0.05, 0) is 38.1 Å². The summed E-state index contributed by atoms with van der Waals surface area (Å²) in [5.41, 5.74) is 0. The van der Waals surface area contributed by atoms with E-state index in [0.29, 0.717) is 0 Å². The van der Waals surface area contributed by atoms with Crippen molar-refractivity contribution in [1.82, 2.24) is 5.32 Å². The molecule has 1 heteroatoms. The summed E-state index contributed by atoms with van der Waals surface area (Å²) in [5.74, 6) is 0.932. The molecule has 0 radical (unpaired) electrons. The highest BCUT2D eigenvalue weighted by molar-refractivity contribution is 4.73. The highest BCUT2D eigenvalue weighted by atomic mass is 14.9. The highest BCUT2D eigenvalue weighted by Gasteiger charge is 2.14. The molecule has 0 aliphatic heterocycles. The van der Waals surface area contributed by atoms with Gasteiger partial charge in [-0.25, -0.2) is 0 Å². The van der Waals surface area contributed by atoms with E-state index in [1.54, 1.807) is 0 Å². The number of hydrogen-bond acceptors (Lipinski definition) is 1. The number of rotatable bonds is 7. The van der Waals surface area contributed by atoms with Crippen LogP contribution >= 0.6 is 0 Å². The molecular formula is C14H29N. The van der Waals surface area contributed by atoms with Crippen LogP contribution < -0.4 is 5.32 Å². The monoisotopic (exact) mass is 211 g/mol. The molecule has 1 N–H and O–H groups in total. The van der Waals surface area contributed by atoms with E-state index < -0.39 is 0 Å². The van der Waals surface area contributed by atoms with Gasteiger partial charge in [0, 0.05) is 6.04 Å². The molecule has 0 spiro atoms. The summed E-state index contributed by atoms with van der Waals surface area (Å²) < 4.78 is 0. The molecule has 0 saturated heterocycles. The third kappa shape index (κ3) is 5.55. The van der Waals surface area contributed by atoms with E-state index in [1.807, 2.05) is 0 Å². The second-order valence-corrected chi connectivity index (χ2v) is 5.19. The van der Waals surface area contributed by atoms with Gasteiger partial charge in [-0.15, -0.1) is 0 Å². The first-order valence-corrected chi connectivity index (χ1v) is 7.10. The minimum Gasteiger partial charge on any atom is -0.314 e. The Morgan fingerprint density at radius 2 is 1.60 bits per heavy atom. The summed E-state index contributed by atoms with van der Waals surface area (Å²) in [6.45, 7) is 5.89. The van der Waals surface area contributed by atoms with E-state index in [0.717, 1.165) is 12.0 Å². The number of nitrogens with one attached hydrogen (secondary N) is 1. The van der Waals surface area contributed by atoms with Gasteiger partial charge in [0.1, 0.15) is 0 Å². The average Bonchev–Trinajstić information content (AvgIpc) is 2.28. The van der Waals surface area contributed by atoms with Crippen LogP contribution in [0.25, 0.3) is 0 Å². The Kier molecular flexibility index (Phi) is 7.08. The Balaban J connectivity index is 2.13. The zero-order chi connectivity index (χ0) is 10.9. The quantitative estimate of drug-likeness (QED) is 0.668. The van der Waals surface area contributed by atoms with E-state index in [1.165, 1.54) is 64.3 Å². The van der Waals surface area contributed by atoms with Crippen molar-refractivity contribution in [3.8, 4) is 0 Å². The molecule has 0 bridgehead atoms. The Morgan fingerprint density at radius 3 is 2.13 bits per heavy atom. The zero-order valence-electron chi connectivity index (χ0n) is 10.7. The third-order valence-electron chi connectivity index (χ3n) is 3.69. The van der Waals surface area contributed by atoms with Crippen molar-refractivity contribution < 1.29 is 0 Å². The molecule has 0 aromatic carbocycles. The topological polar surface area (TPSA) is 12.0 Å². The highest BCUT2D eigenvalue weighted by Crippen LogP contribution is 2.19. The first-order chi connectivity index (χ1) is 7.36. The lowest BCUT2D eigenvalue weighted by atomic mass is 9.93. The van der Waals surface area contributed by atoms with Crippen molar-refractivity contribution in [1.29, 1.82) is 0 Å². The Hall–Kier alpha value is -0.0400. The molecule has 1 saturated carbocycles. The van der Waals surface area contributed by atoms with Crippen molar-refractivity contribution in [3.05, 3.63) is 0 Å². The van der Waals surface area contributed by atoms with E-state index in [4.69, 9.17) is 0 Å². The van der Waals surface area contributed by atoms with Crippen molar-refractivity contribution in [2.75, 3.05) is 6.54 Å². The van der Waals surface area contributed by atoms with Gasteiger partial charge in [-0.3, -0.25) is 0 Å². The van der Waals surface area contributed by atoms with Gasteiger partial charge in [-0.2, -0.15) is 0 Å². The normalized spacial score (nSPS) is 18.6. The summed E-state index contributed by atoms with van der Waals surface area (Å²) in [6.07, 6.45) is 12.7. The largest absolute Gasteiger partial charge is 0.314 e. The molecule has 1 aliphatic rings. The van der Waals surface area contributed by atoms with Crippen molar-refractivity contribution in [2.24, 2.45) is 5.92 Å². The van der Waals surface area contributed by atoms with Crippen molar-refractivity contribution in [2.45, 2.75) is 77.7 Å². The lowest BCUT2D eigenvalue weighted by molar-refractivity contribution is 0.328. The summed E-state index contributed by atoms with van der Waals surface area (Å²) in [4.78, 5) is 0. The molecule has 1 fully saturated rings. The van der Waals surface area contributed by atoms with E-state index in [2.05, 4.69) is 19.2 Å². The van der Waals surface area contributed by atoms with Gasteiger partial charge in [0.15, 0.2) is 0 Å². The fraction of sp³-hybridized carbons (Fsp3) is 1.00. The molecule has 1 rings (SSSR count). The third-order valence-corrected chi connectivity index (χ3v) is 3.69. The second kappa shape index (κ2) is 8.15. The maximum absolute atomic E-state index is 3.79. The molecule has 0 aromatic heterocycles. The SMILES string of the molecule is CCCC(CCC)CNC1CCCCC1. The molecule has 0 atom stereocenters. The standard InChI is InChI=1S/C14H29N/c1-3-8-13(9-4-2)12-15-14-10-6-5-7-11-14/h13-15H,3-12H2,1-2H3. The van der Waals surface area contributed by atoms with Crippen molar-refractivity contribution >= 4 is 0 Å². The van der Waals surface area contributed by atoms with Gasteiger partial charge in [-0.1, -0.05) is 46.0 Å². The van der Waals surface area contributed by atoms with Gasteiger partial charge >= 0.3 is 0 Å². The summed E-state index contributed by atoms with van der Waals surface area (Å²) >= 11 is 0. The first kappa shape index (κ1) is 13.0. The van der Waals surface area contributed by atoms with Crippen LogP contribution in [0.3, 0.4) is 0 Å². The predicted molar refractivity (Wildman–Crippen MR) is 68.2 cm³/mol. The smallest absolute Gasteiger partial charge is 0.00671 e. The molecule has 1 aliphatic carbocycles. The first-order valence-electron chi connectivity index (χ1n) is 7.10. The molecule has 0 amide bonds. The van der Waals surface area contributed by atoms with Crippen LogP contribution in [0, 0.1) is 5.92 Å². The lowest BCUT2D eigenvalue weighted by Gasteiger charge is -2.25. The summed E-state index contributed by atoms with van der Waals surface area (Å²) in [7, 11) is 0. The maximum Gasteiger partial charge on any atom is 0.00671 e. The molecule has 90 valence electrons. The van der Waals surface area contributed by atoms with Crippen molar-refractivity contribution in [3.63, 3.8) is 0 Å². The van der Waals surface area contributed by atoms with Gasteiger partial charge in [0.05, 0.1) is 0 Å². The van der Waals surface area contributed by atoms with E-state index >= 15 is 0 Å². The molecular weight excluding hydrogens is 182 g/mol. The van der Waals surface area contributed by atoms with Crippen LogP contribution in [0.15, 0.2) is 0 Å². The zero-order valence-corrected chi connectivity index (χ0v) is 10.7. The van der Waals surface area contributed by atoms with Crippen LogP contribution in [0.4, 0.5) is 0 Å². The van der Waals surface area contributed by atoms with Crippen LogP contribution in [0.5, 0.6) is 0 Å². The van der Waals surface area contributed by atoms with Gasteiger partial charge < -0.3 is 5.32 Å². The fourth-order valence-corrected chi connectivity index (χ4v) is 2.81. The van der Waals surface area contributed by atoms with Crippen LogP contribution in [0.2, 0.25) is 0 Å². The Morgan fingerprint density at radius 1 is 1.00 bits per heavy atom. The minimum absolute atomic E-state index is 0.843. The predicted octanol–water partition coefficient (Wildman–Crippen LogP) is 4.13. The Bertz CT molecular complexity index is 132. The Labute approximate surface area is 96.0 Å². The summed E-state index contributed by atoms with van der Waals surface area (Å²) in [6, 6.07) is 0.843. The second-order valence-electron chi connectivity index (χ2n) is 5.19. The van der Waals surface area contributed by atoms with Crippen LogP contribution in [-0.2, 0) is 0 Å². The fourth-order valence-electron chi connectivity index (χ4n) is 2.81. The van der Waals surface area contributed by atoms with Crippen LogP contribution in [0.1, 0.15) is 71.6 Å². The minimum atomic E-state index is 0.843. The van der Waals surface area contributed by atoms with E-state index in [9.17, 15) is 0 Å². The summed E-state index contributed by atoms with van der Waals surface area (Å²) in [5, 5.41) is 3.79. The van der Waals surface area contributed by atoms with Gasteiger partial charge in [0.25, 0.3) is 0 Å². The molecule has 0 unspecified atom stereocenters. The molecule has 15 heavy (non-hydrogen) atoms. The maximum atomic E-state index is 3.79. The molecule has 0 aromatic rings. The van der Waals surface area contributed by atoms with Crippen LogP contribution in [-0.4, -0.2) is 12.6 Å². The lowest BCUT2D eigenvalue weighted by Crippen LogP contribution is -2.34. The number of hydrogen-bond donors (Lipinski definition) is 1. The van der Waals surface area contributed by atoms with E-state index in [-0.39, 0.29) is 0 Å². The van der Waals surface area contributed by atoms with Gasteiger partial charge in [0.2, 0.25) is 0 Å².